The number of fused-ring (bicyclic) bond motifs is 1. The Balaban J connectivity index is 1.39. The molecule has 6 heteroatoms. The number of nitrogens with one attached hydrogen (secondary N) is 2. The van der Waals surface area contributed by atoms with Gasteiger partial charge in [0.15, 0.2) is 0 Å². The average Bonchev–Trinajstić information content (AvgIpc) is 3.52. The van der Waals surface area contributed by atoms with Crippen molar-refractivity contribution in [3.8, 4) is 0 Å². The summed E-state index contributed by atoms with van der Waals surface area (Å²) >= 11 is 6.12. The molecule has 0 atom stereocenters. The van der Waals surface area contributed by atoms with Crippen LogP contribution in [0.1, 0.15) is 36.6 Å². The van der Waals surface area contributed by atoms with Crippen LogP contribution >= 0.6 is 11.6 Å². The van der Waals surface area contributed by atoms with Crippen LogP contribution in [-0.2, 0) is 11.3 Å². The molecule has 0 radical (unpaired) electrons. The molecular formula is C21H21ClN4O. The first-order valence-corrected chi connectivity index (χ1v) is 9.58. The normalized spacial score (nSPS) is 13.5. The maximum atomic E-state index is 12.1. The van der Waals surface area contributed by atoms with E-state index in [1.807, 2.05) is 48.5 Å². The van der Waals surface area contributed by atoms with Crippen LogP contribution in [0.2, 0.25) is 5.02 Å². The van der Waals surface area contributed by atoms with Gasteiger partial charge in [-0.05, 0) is 36.6 Å². The molecule has 1 amide bonds. The highest BCUT2D eigenvalue weighted by Crippen LogP contribution is 2.39. The van der Waals surface area contributed by atoms with Crippen molar-refractivity contribution in [1.82, 2.24) is 15.3 Å². The second-order valence-corrected chi connectivity index (χ2v) is 7.24. The summed E-state index contributed by atoms with van der Waals surface area (Å²) in [5, 5.41) is 7.83. The van der Waals surface area contributed by atoms with Crippen molar-refractivity contribution in [2.24, 2.45) is 0 Å². The van der Waals surface area contributed by atoms with Gasteiger partial charge in [0.1, 0.15) is 11.6 Å². The van der Waals surface area contributed by atoms with Gasteiger partial charge in [-0.25, -0.2) is 9.97 Å². The first kappa shape index (κ1) is 17.7. The Bertz CT molecular complexity index is 957. The van der Waals surface area contributed by atoms with Gasteiger partial charge in [0.25, 0.3) is 0 Å². The second kappa shape index (κ2) is 7.92. The van der Waals surface area contributed by atoms with Crippen LogP contribution in [0.15, 0.2) is 48.5 Å². The molecule has 0 unspecified atom stereocenters. The lowest BCUT2D eigenvalue weighted by Gasteiger charge is -2.11. The zero-order valence-corrected chi connectivity index (χ0v) is 15.7. The number of amides is 1. The van der Waals surface area contributed by atoms with Crippen LogP contribution in [0.25, 0.3) is 10.9 Å². The van der Waals surface area contributed by atoms with Crippen LogP contribution in [0.4, 0.5) is 5.82 Å². The first-order chi connectivity index (χ1) is 13.2. The van der Waals surface area contributed by atoms with Crippen LogP contribution in [0, 0.1) is 0 Å². The van der Waals surface area contributed by atoms with Gasteiger partial charge in [0.05, 0.1) is 5.52 Å². The highest BCUT2D eigenvalue weighted by Gasteiger charge is 2.27. The Kier molecular flexibility index (Phi) is 5.21. The van der Waals surface area contributed by atoms with E-state index in [0.717, 1.165) is 41.0 Å². The van der Waals surface area contributed by atoms with E-state index < -0.39 is 0 Å². The molecule has 5 nitrogen and oxygen atoms in total. The number of carbonyl (C=O) groups excluding carboxylic acids is 1. The van der Waals surface area contributed by atoms with Crippen LogP contribution in [-0.4, -0.2) is 22.4 Å². The Labute approximate surface area is 163 Å². The topological polar surface area (TPSA) is 66.9 Å². The lowest BCUT2D eigenvalue weighted by molar-refractivity contribution is -0.121. The zero-order chi connectivity index (χ0) is 18.6. The summed E-state index contributed by atoms with van der Waals surface area (Å²) in [6, 6.07) is 15.5. The largest absolute Gasteiger partial charge is 0.369 e. The molecule has 0 spiro atoms. The number of nitrogens with zero attached hydrogens (tertiary/aromatic N) is 2. The number of rotatable bonds is 7. The molecule has 1 saturated carbocycles. The molecule has 27 heavy (non-hydrogen) atoms. The summed E-state index contributed by atoms with van der Waals surface area (Å²) in [5.41, 5.74) is 1.93. The molecule has 1 fully saturated rings. The maximum Gasteiger partial charge on any atom is 0.222 e. The number of carbonyl (C=O) groups is 1. The maximum absolute atomic E-state index is 12.1. The monoisotopic (exact) mass is 380 g/mol. The summed E-state index contributed by atoms with van der Waals surface area (Å²) in [5.74, 6) is 2.09. The summed E-state index contributed by atoms with van der Waals surface area (Å²) in [4.78, 5) is 21.4. The first-order valence-electron chi connectivity index (χ1n) is 9.21. The summed E-state index contributed by atoms with van der Waals surface area (Å²) in [7, 11) is 0. The minimum absolute atomic E-state index is 0.00942. The third kappa shape index (κ3) is 4.55. The van der Waals surface area contributed by atoms with Crippen molar-refractivity contribution in [2.75, 3.05) is 11.9 Å². The third-order valence-electron chi connectivity index (χ3n) is 4.60. The highest BCUT2D eigenvalue weighted by atomic mass is 35.5. The van der Waals surface area contributed by atoms with Gasteiger partial charge in [-0.3, -0.25) is 4.79 Å². The van der Waals surface area contributed by atoms with E-state index in [2.05, 4.69) is 20.6 Å². The molecule has 0 saturated heterocycles. The Hall–Kier alpha value is -2.66. The fourth-order valence-corrected chi connectivity index (χ4v) is 3.13. The van der Waals surface area contributed by atoms with E-state index in [0.29, 0.717) is 30.5 Å². The van der Waals surface area contributed by atoms with E-state index >= 15 is 0 Å². The summed E-state index contributed by atoms with van der Waals surface area (Å²) < 4.78 is 0. The van der Waals surface area contributed by atoms with E-state index in [9.17, 15) is 4.79 Å². The molecule has 2 N–H and O–H groups in total. The SMILES string of the molecule is O=C(CCNc1nc(C2CC2)nc2cc(Cl)ccc12)NCc1ccccc1. The van der Waals surface area contributed by atoms with Crippen LogP contribution in [0.3, 0.4) is 0 Å². The molecule has 3 aromatic rings. The summed E-state index contributed by atoms with van der Waals surface area (Å²) in [6.45, 7) is 1.06. The third-order valence-corrected chi connectivity index (χ3v) is 4.83. The molecule has 1 aliphatic carbocycles. The number of aromatic nitrogens is 2. The lowest BCUT2D eigenvalue weighted by atomic mass is 10.2. The van der Waals surface area contributed by atoms with E-state index in [-0.39, 0.29) is 5.91 Å². The number of halogens is 1. The van der Waals surface area contributed by atoms with Gasteiger partial charge < -0.3 is 10.6 Å². The van der Waals surface area contributed by atoms with E-state index in [1.54, 1.807) is 0 Å². The van der Waals surface area contributed by atoms with E-state index in [4.69, 9.17) is 11.6 Å². The molecule has 138 valence electrons. The predicted molar refractivity (Wildman–Crippen MR) is 108 cm³/mol. The molecule has 2 aromatic carbocycles. The van der Waals surface area contributed by atoms with Gasteiger partial charge in [-0.2, -0.15) is 0 Å². The molecule has 0 bridgehead atoms. The van der Waals surface area contributed by atoms with Crippen molar-refractivity contribution < 1.29 is 4.79 Å². The minimum Gasteiger partial charge on any atom is -0.369 e. The van der Waals surface area contributed by atoms with Crippen molar-refractivity contribution in [3.05, 3.63) is 64.9 Å². The minimum atomic E-state index is 0.00942. The van der Waals surface area contributed by atoms with Gasteiger partial charge in [0.2, 0.25) is 5.91 Å². The Morgan fingerprint density at radius 1 is 1.11 bits per heavy atom. The van der Waals surface area contributed by atoms with Crippen molar-refractivity contribution in [1.29, 1.82) is 0 Å². The van der Waals surface area contributed by atoms with Crippen LogP contribution in [0.5, 0.6) is 0 Å². The number of benzene rings is 2. The lowest BCUT2D eigenvalue weighted by Crippen LogP contribution is -2.25. The Morgan fingerprint density at radius 2 is 1.93 bits per heavy atom. The van der Waals surface area contributed by atoms with E-state index in [1.165, 1.54) is 0 Å². The van der Waals surface area contributed by atoms with Gasteiger partial charge >= 0.3 is 0 Å². The highest BCUT2D eigenvalue weighted by molar-refractivity contribution is 6.31. The molecule has 0 aliphatic heterocycles. The number of anilines is 1. The molecule has 1 aromatic heterocycles. The second-order valence-electron chi connectivity index (χ2n) is 6.81. The fourth-order valence-electron chi connectivity index (χ4n) is 2.96. The molecule has 1 heterocycles. The predicted octanol–water partition coefficient (Wildman–Crippen LogP) is 4.28. The van der Waals surface area contributed by atoms with Crippen molar-refractivity contribution in [3.63, 3.8) is 0 Å². The average molecular weight is 381 g/mol. The quantitative estimate of drug-likeness (QED) is 0.642. The van der Waals surface area contributed by atoms with Gasteiger partial charge in [-0.15, -0.1) is 0 Å². The molecule has 1 aliphatic rings. The van der Waals surface area contributed by atoms with Crippen molar-refractivity contribution >= 4 is 34.2 Å². The Morgan fingerprint density at radius 3 is 2.70 bits per heavy atom. The van der Waals surface area contributed by atoms with Crippen molar-refractivity contribution in [2.45, 2.75) is 31.7 Å². The zero-order valence-electron chi connectivity index (χ0n) is 14.9. The standard InChI is InChI=1S/C21H21ClN4O/c22-16-8-9-17-18(12-16)25-20(15-6-7-15)26-21(17)23-11-10-19(27)24-13-14-4-2-1-3-5-14/h1-5,8-9,12,15H,6-7,10-11,13H2,(H,24,27)(H,23,25,26). The van der Waals surface area contributed by atoms with Gasteiger partial charge in [0, 0.05) is 35.8 Å². The number of hydrogen-bond acceptors (Lipinski definition) is 4. The smallest absolute Gasteiger partial charge is 0.222 e. The number of hydrogen-bond donors (Lipinski definition) is 2. The molecule has 4 rings (SSSR count). The van der Waals surface area contributed by atoms with Gasteiger partial charge in [-0.1, -0.05) is 41.9 Å². The summed E-state index contributed by atoms with van der Waals surface area (Å²) in [6.07, 6.45) is 2.64. The molecular weight excluding hydrogens is 360 g/mol. The fraction of sp³-hybridized carbons (Fsp3) is 0.286. The van der Waals surface area contributed by atoms with Crippen LogP contribution < -0.4 is 10.6 Å².